The maximum Gasteiger partial charge on any atom is 0.243 e. The first-order chi connectivity index (χ1) is 10.1. The summed E-state index contributed by atoms with van der Waals surface area (Å²) in [6.07, 6.45) is 2.84. The average Bonchev–Trinajstić information content (AvgIpc) is 3.20. The number of fused-ring (bicyclic) bond motifs is 1. The topological polar surface area (TPSA) is 58.6 Å². The number of hydrogen-bond acceptors (Lipinski definition) is 4. The van der Waals surface area contributed by atoms with E-state index < -0.39 is 10.0 Å². The Morgan fingerprint density at radius 3 is 3.00 bits per heavy atom. The van der Waals surface area contributed by atoms with Gasteiger partial charge in [0.25, 0.3) is 0 Å². The van der Waals surface area contributed by atoms with Crippen LogP contribution in [0.5, 0.6) is 5.75 Å². The van der Waals surface area contributed by atoms with Gasteiger partial charge in [0.1, 0.15) is 5.75 Å². The molecular weight excluding hydrogens is 288 g/mol. The standard InChI is InChI=1S/C15H20N2O3S/c18-21(19,13-1-2-14-12(9-13)3-8-20-14)17-7-5-15(11-17)4-6-16-10-15/h1-2,9,16H,3-8,10-11H2. The zero-order chi connectivity index (χ0) is 14.5. The normalized spacial score (nSPS) is 29.0. The molecule has 3 aliphatic heterocycles. The molecule has 0 bridgehead atoms. The molecule has 6 heteroatoms. The molecule has 1 aromatic carbocycles. The van der Waals surface area contributed by atoms with Gasteiger partial charge in [0, 0.05) is 26.1 Å². The summed E-state index contributed by atoms with van der Waals surface area (Å²) in [6.45, 7) is 3.88. The van der Waals surface area contributed by atoms with Gasteiger partial charge in [-0.3, -0.25) is 0 Å². The van der Waals surface area contributed by atoms with Crippen LogP contribution in [-0.4, -0.2) is 45.5 Å². The van der Waals surface area contributed by atoms with Gasteiger partial charge in [-0.15, -0.1) is 0 Å². The second-order valence-electron chi connectivity index (χ2n) is 6.38. The first-order valence-electron chi connectivity index (χ1n) is 7.56. The number of sulfonamides is 1. The zero-order valence-electron chi connectivity index (χ0n) is 12.0. The molecule has 0 aromatic heterocycles. The van der Waals surface area contributed by atoms with Crippen LogP contribution in [0.2, 0.25) is 0 Å². The quantitative estimate of drug-likeness (QED) is 0.885. The molecule has 0 amide bonds. The number of hydrogen-bond donors (Lipinski definition) is 1. The van der Waals surface area contributed by atoms with E-state index in [1.165, 1.54) is 0 Å². The fourth-order valence-electron chi connectivity index (χ4n) is 3.72. The number of ether oxygens (including phenoxy) is 1. The predicted octanol–water partition coefficient (Wildman–Crippen LogP) is 0.996. The van der Waals surface area contributed by atoms with Crippen LogP contribution < -0.4 is 10.1 Å². The third-order valence-corrected chi connectivity index (χ3v) is 6.88. The van der Waals surface area contributed by atoms with Gasteiger partial charge in [-0.1, -0.05) is 0 Å². The number of benzene rings is 1. The Morgan fingerprint density at radius 2 is 2.19 bits per heavy atom. The summed E-state index contributed by atoms with van der Waals surface area (Å²) >= 11 is 0. The lowest BCUT2D eigenvalue weighted by Gasteiger charge is -2.22. The summed E-state index contributed by atoms with van der Waals surface area (Å²) in [5.41, 5.74) is 1.17. The van der Waals surface area contributed by atoms with Crippen molar-refractivity contribution in [2.75, 3.05) is 32.8 Å². The maximum absolute atomic E-state index is 12.8. The first kappa shape index (κ1) is 13.5. The lowest BCUT2D eigenvalue weighted by atomic mass is 9.87. The molecule has 3 heterocycles. The molecule has 1 unspecified atom stereocenters. The maximum atomic E-state index is 12.8. The summed E-state index contributed by atoms with van der Waals surface area (Å²) in [7, 11) is -3.37. The van der Waals surface area contributed by atoms with Crippen molar-refractivity contribution in [3.8, 4) is 5.75 Å². The highest BCUT2D eigenvalue weighted by molar-refractivity contribution is 7.89. The minimum absolute atomic E-state index is 0.160. The molecule has 21 heavy (non-hydrogen) atoms. The molecule has 2 fully saturated rings. The van der Waals surface area contributed by atoms with Crippen molar-refractivity contribution in [2.24, 2.45) is 5.41 Å². The molecule has 0 saturated carbocycles. The number of nitrogens with zero attached hydrogens (tertiary/aromatic N) is 1. The van der Waals surface area contributed by atoms with E-state index in [0.29, 0.717) is 24.6 Å². The van der Waals surface area contributed by atoms with Crippen molar-refractivity contribution >= 4 is 10.0 Å². The van der Waals surface area contributed by atoms with Gasteiger partial charge in [0.05, 0.1) is 11.5 Å². The van der Waals surface area contributed by atoms with Crippen molar-refractivity contribution in [3.63, 3.8) is 0 Å². The SMILES string of the molecule is O=S(=O)(c1ccc2c(c1)CCO2)N1CCC2(CCNC2)C1. The molecular formula is C15H20N2O3S. The van der Waals surface area contributed by atoms with Crippen LogP contribution in [0, 0.1) is 5.41 Å². The molecule has 1 aromatic rings. The lowest BCUT2D eigenvalue weighted by Crippen LogP contribution is -2.33. The van der Waals surface area contributed by atoms with E-state index in [-0.39, 0.29) is 5.41 Å². The van der Waals surface area contributed by atoms with Crippen LogP contribution in [0.4, 0.5) is 0 Å². The molecule has 1 atom stereocenters. The van der Waals surface area contributed by atoms with E-state index in [0.717, 1.165) is 43.7 Å². The molecule has 1 N–H and O–H groups in total. The Balaban J connectivity index is 1.62. The van der Waals surface area contributed by atoms with E-state index in [9.17, 15) is 8.42 Å². The average molecular weight is 308 g/mol. The smallest absolute Gasteiger partial charge is 0.243 e. The van der Waals surface area contributed by atoms with Gasteiger partial charge in [-0.2, -0.15) is 4.31 Å². The second-order valence-corrected chi connectivity index (χ2v) is 8.32. The van der Waals surface area contributed by atoms with Crippen LogP contribution >= 0.6 is 0 Å². The molecule has 114 valence electrons. The van der Waals surface area contributed by atoms with Crippen LogP contribution in [0.25, 0.3) is 0 Å². The molecule has 5 nitrogen and oxygen atoms in total. The van der Waals surface area contributed by atoms with E-state index in [1.54, 1.807) is 22.5 Å². The Bertz CT molecular complexity index is 665. The highest BCUT2D eigenvalue weighted by Crippen LogP contribution is 2.39. The van der Waals surface area contributed by atoms with Gasteiger partial charge in [0.2, 0.25) is 10.0 Å². The third-order valence-electron chi connectivity index (χ3n) is 5.03. The van der Waals surface area contributed by atoms with Crippen molar-refractivity contribution in [3.05, 3.63) is 23.8 Å². The predicted molar refractivity (Wildman–Crippen MR) is 78.9 cm³/mol. The Hall–Kier alpha value is -1.11. The van der Waals surface area contributed by atoms with Crippen molar-refractivity contribution in [2.45, 2.75) is 24.2 Å². The summed E-state index contributed by atoms with van der Waals surface area (Å²) < 4.78 is 32.8. The third kappa shape index (κ3) is 2.17. The van der Waals surface area contributed by atoms with Gasteiger partial charge in [0.15, 0.2) is 0 Å². The van der Waals surface area contributed by atoms with Gasteiger partial charge >= 0.3 is 0 Å². The molecule has 2 saturated heterocycles. The monoisotopic (exact) mass is 308 g/mol. The van der Waals surface area contributed by atoms with Crippen LogP contribution in [-0.2, 0) is 16.4 Å². The lowest BCUT2D eigenvalue weighted by molar-refractivity contribution is 0.338. The van der Waals surface area contributed by atoms with Crippen LogP contribution in [0.3, 0.4) is 0 Å². The minimum atomic E-state index is -3.37. The van der Waals surface area contributed by atoms with Gasteiger partial charge in [-0.05, 0) is 48.6 Å². The van der Waals surface area contributed by atoms with E-state index in [2.05, 4.69) is 5.32 Å². The van der Waals surface area contributed by atoms with Gasteiger partial charge in [-0.25, -0.2) is 8.42 Å². The van der Waals surface area contributed by atoms with Crippen LogP contribution in [0.1, 0.15) is 18.4 Å². The van der Waals surface area contributed by atoms with E-state index in [4.69, 9.17) is 4.74 Å². The highest BCUT2D eigenvalue weighted by Gasteiger charge is 2.44. The van der Waals surface area contributed by atoms with E-state index in [1.807, 2.05) is 0 Å². The highest BCUT2D eigenvalue weighted by atomic mass is 32.2. The van der Waals surface area contributed by atoms with Crippen molar-refractivity contribution in [1.82, 2.24) is 9.62 Å². The summed E-state index contributed by atoms with van der Waals surface area (Å²) in [5.74, 6) is 0.826. The number of nitrogens with one attached hydrogen (secondary N) is 1. The fraction of sp³-hybridized carbons (Fsp3) is 0.600. The fourth-order valence-corrected chi connectivity index (χ4v) is 5.32. The first-order valence-corrected chi connectivity index (χ1v) is 9.00. The zero-order valence-corrected chi connectivity index (χ0v) is 12.8. The molecule has 0 radical (unpaired) electrons. The largest absolute Gasteiger partial charge is 0.493 e. The summed E-state index contributed by atoms with van der Waals surface area (Å²) in [5, 5.41) is 3.36. The molecule has 1 spiro atoms. The Kier molecular flexibility index (Phi) is 3.03. The minimum Gasteiger partial charge on any atom is -0.493 e. The van der Waals surface area contributed by atoms with Crippen molar-refractivity contribution in [1.29, 1.82) is 0 Å². The summed E-state index contributed by atoms with van der Waals surface area (Å²) in [6, 6.07) is 5.26. The Morgan fingerprint density at radius 1 is 1.29 bits per heavy atom. The van der Waals surface area contributed by atoms with Crippen LogP contribution in [0.15, 0.2) is 23.1 Å². The Labute approximate surface area is 125 Å². The summed E-state index contributed by atoms with van der Waals surface area (Å²) in [4.78, 5) is 0.412. The molecule has 3 aliphatic rings. The molecule has 4 rings (SSSR count). The molecule has 0 aliphatic carbocycles. The number of rotatable bonds is 2. The van der Waals surface area contributed by atoms with E-state index >= 15 is 0 Å². The van der Waals surface area contributed by atoms with Gasteiger partial charge < -0.3 is 10.1 Å². The second kappa shape index (κ2) is 4.69. The van der Waals surface area contributed by atoms with Crippen molar-refractivity contribution < 1.29 is 13.2 Å².